The number of anilines is 1. The fourth-order valence-corrected chi connectivity index (χ4v) is 7.88. The van der Waals surface area contributed by atoms with Crippen molar-refractivity contribution in [3.05, 3.63) is 45.9 Å². The number of carbonyl (C=O) groups excluding carboxylic acids is 2. The van der Waals surface area contributed by atoms with Crippen LogP contribution in [0.2, 0.25) is 0 Å². The van der Waals surface area contributed by atoms with Crippen LogP contribution in [0.3, 0.4) is 0 Å². The lowest BCUT2D eigenvalue weighted by Gasteiger charge is -2.49. The molecule has 1 saturated heterocycles. The van der Waals surface area contributed by atoms with E-state index in [0.29, 0.717) is 15.0 Å². The van der Waals surface area contributed by atoms with Crippen LogP contribution in [-0.4, -0.2) is 73.9 Å². The number of aromatic nitrogens is 2. The highest BCUT2D eigenvalue weighted by molar-refractivity contribution is 8.07. The van der Waals surface area contributed by atoms with Crippen molar-refractivity contribution in [2.24, 2.45) is 5.16 Å². The van der Waals surface area contributed by atoms with Gasteiger partial charge in [0.15, 0.2) is 15.2 Å². The monoisotopic (exact) mass is 580 g/mol. The van der Waals surface area contributed by atoms with Gasteiger partial charge in [0.25, 0.3) is 11.8 Å². The number of benzene rings is 1. The highest BCUT2D eigenvalue weighted by Gasteiger charge is 2.54. The average molecular weight is 581 g/mol. The molecule has 0 unspecified atom stereocenters. The van der Waals surface area contributed by atoms with Crippen molar-refractivity contribution in [1.29, 1.82) is 0 Å². The van der Waals surface area contributed by atoms with Crippen molar-refractivity contribution in [2.75, 3.05) is 24.8 Å². The van der Waals surface area contributed by atoms with E-state index < -0.39 is 35.9 Å². The van der Waals surface area contributed by atoms with Gasteiger partial charge in [-0.2, -0.15) is 0 Å². The molecular weight excluding hydrogens is 564 g/mol. The maximum Gasteiger partial charge on any atom is 0.353 e. The number of rotatable bonds is 9. The van der Waals surface area contributed by atoms with Crippen LogP contribution in [-0.2, 0) is 19.2 Å². The van der Waals surface area contributed by atoms with Crippen LogP contribution >= 0.6 is 46.2 Å². The number of nitrogens with two attached hydrogens (primary N) is 1. The number of aliphatic carboxylic acids is 1. The molecule has 4 N–H and O–H groups in total. The van der Waals surface area contributed by atoms with Gasteiger partial charge in [0.05, 0.1) is 10.2 Å². The number of nitrogens with one attached hydrogen (secondary N) is 1. The minimum Gasteiger partial charge on any atom is -0.477 e. The summed E-state index contributed by atoms with van der Waals surface area (Å²) in [5.74, 6) is -2.29. The van der Waals surface area contributed by atoms with E-state index in [1.54, 1.807) is 0 Å². The molecule has 2 amide bonds. The van der Waals surface area contributed by atoms with E-state index in [-0.39, 0.29) is 28.8 Å². The van der Waals surface area contributed by atoms with Crippen LogP contribution in [0.1, 0.15) is 5.69 Å². The summed E-state index contributed by atoms with van der Waals surface area (Å²) in [5.41, 5.74) is 6.17. The van der Waals surface area contributed by atoms with Crippen molar-refractivity contribution < 1.29 is 28.7 Å². The molecule has 1 aromatic carbocycles. The lowest BCUT2D eigenvalue weighted by molar-refractivity contribution is -0.150. The Kier molecular flexibility index (Phi) is 7.32. The van der Waals surface area contributed by atoms with E-state index in [1.165, 1.54) is 45.1 Å². The maximum atomic E-state index is 13.0. The number of amides is 2. The summed E-state index contributed by atoms with van der Waals surface area (Å²) >= 11 is 5.05. The second kappa shape index (κ2) is 10.6. The highest BCUT2D eigenvalue weighted by atomic mass is 32.2. The summed E-state index contributed by atoms with van der Waals surface area (Å²) in [7, 11) is 0. The number of thioether (sulfide) groups is 2. The zero-order chi connectivity index (χ0) is 26.1. The molecule has 2 atom stereocenters. The topological polar surface area (TPSA) is 160 Å². The molecule has 0 spiro atoms. The molecule has 4 heterocycles. The van der Waals surface area contributed by atoms with Gasteiger partial charge in [0.2, 0.25) is 0 Å². The third-order valence-corrected chi connectivity index (χ3v) is 9.53. The molecule has 5 rings (SSSR count). The number of fused-ring (bicyclic) bond motifs is 2. The Labute approximate surface area is 225 Å². The van der Waals surface area contributed by atoms with E-state index >= 15 is 0 Å². The third-order valence-electron chi connectivity index (χ3n) is 5.21. The number of para-hydroxylation sites is 1. The molecule has 0 radical (unpaired) electrons. The van der Waals surface area contributed by atoms with Gasteiger partial charge < -0.3 is 21.0 Å². The molecule has 3 aromatic rings. The maximum absolute atomic E-state index is 13.0. The summed E-state index contributed by atoms with van der Waals surface area (Å²) in [6.07, 6.45) is 0. The SMILES string of the molecule is Nc1nc(/C(=N/OCCF)C(=O)N[C@@H]2C(=O)N3C(C(=O)O)=C(Sc4nc5ccccc5s4)CS[C@@H]23)cs1. The van der Waals surface area contributed by atoms with Crippen LogP contribution in [0.15, 0.2) is 49.7 Å². The predicted octanol–water partition coefficient (Wildman–Crippen LogP) is 2.51. The number of carboxylic acids is 1. The van der Waals surface area contributed by atoms with Crippen LogP contribution in [0.4, 0.5) is 9.52 Å². The molecule has 2 aliphatic rings. The molecule has 0 saturated carbocycles. The second-order valence-corrected chi connectivity index (χ2v) is 11.9. The first-order valence-electron chi connectivity index (χ1n) is 10.6. The fraction of sp³-hybridized carbons (Fsp3) is 0.238. The Bertz CT molecular complexity index is 1420. The van der Waals surface area contributed by atoms with Gasteiger partial charge in [-0.3, -0.25) is 14.5 Å². The summed E-state index contributed by atoms with van der Waals surface area (Å²) in [6, 6.07) is 6.59. The fourth-order valence-electron chi connectivity index (χ4n) is 3.62. The minimum atomic E-state index is -1.24. The van der Waals surface area contributed by atoms with Crippen LogP contribution in [0, 0.1) is 0 Å². The molecule has 1 fully saturated rings. The Morgan fingerprint density at radius 1 is 1.35 bits per heavy atom. The van der Waals surface area contributed by atoms with Gasteiger partial charge in [0.1, 0.15) is 36.1 Å². The van der Waals surface area contributed by atoms with Gasteiger partial charge in [-0.25, -0.2) is 19.2 Å². The van der Waals surface area contributed by atoms with E-state index in [9.17, 15) is 23.9 Å². The van der Waals surface area contributed by atoms with Gasteiger partial charge in [-0.05, 0) is 12.1 Å². The number of carbonyl (C=O) groups is 3. The molecule has 2 aromatic heterocycles. The van der Waals surface area contributed by atoms with Gasteiger partial charge >= 0.3 is 5.97 Å². The van der Waals surface area contributed by atoms with Gasteiger partial charge in [-0.1, -0.05) is 29.1 Å². The molecule has 2 aliphatic heterocycles. The van der Waals surface area contributed by atoms with Gasteiger partial charge in [-0.15, -0.1) is 34.4 Å². The Balaban J connectivity index is 1.34. The number of thiazole rings is 2. The Hall–Kier alpha value is -3.21. The lowest BCUT2D eigenvalue weighted by Crippen LogP contribution is -2.71. The van der Waals surface area contributed by atoms with Gasteiger partial charge in [0, 0.05) is 16.0 Å². The predicted molar refractivity (Wildman–Crippen MR) is 140 cm³/mol. The van der Waals surface area contributed by atoms with Crippen LogP contribution in [0.25, 0.3) is 10.2 Å². The van der Waals surface area contributed by atoms with Crippen LogP contribution < -0.4 is 11.1 Å². The van der Waals surface area contributed by atoms with E-state index in [0.717, 1.165) is 21.6 Å². The number of nitrogens with zero attached hydrogens (tertiary/aromatic N) is 4. The van der Waals surface area contributed by atoms with E-state index in [1.807, 2.05) is 24.3 Å². The first-order valence-corrected chi connectivity index (χ1v) is 14.2. The Morgan fingerprint density at radius 3 is 2.86 bits per heavy atom. The summed E-state index contributed by atoms with van der Waals surface area (Å²) in [6.45, 7) is -1.18. The van der Waals surface area contributed by atoms with E-state index in [4.69, 9.17) is 10.6 Å². The minimum absolute atomic E-state index is 0.111. The van der Waals surface area contributed by atoms with E-state index in [2.05, 4.69) is 20.4 Å². The molecular formula is C21H17FN6O5S4. The lowest BCUT2D eigenvalue weighted by atomic mass is 10.0. The number of alkyl halides is 1. The number of β-lactam (4-membered cyclic amide) rings is 1. The quantitative estimate of drug-likeness (QED) is 0.148. The number of hydrogen-bond acceptors (Lipinski definition) is 12. The number of carboxylic acid groups (broad SMARTS) is 1. The molecule has 16 heteroatoms. The third kappa shape index (κ3) is 5.01. The van der Waals surface area contributed by atoms with Crippen molar-refractivity contribution in [1.82, 2.24) is 20.2 Å². The zero-order valence-corrected chi connectivity index (χ0v) is 21.9. The number of oxime groups is 1. The van der Waals surface area contributed by atoms with Crippen molar-refractivity contribution in [2.45, 2.75) is 15.8 Å². The standard InChI is InChI=1S/C21H17FN6O5S4/c22-5-6-33-27-13(10-7-35-20(23)24-10)16(29)26-14-17(30)28-15(19(31)32)12(8-34-18(14)28)37-21-25-9-3-1-2-4-11(9)36-21/h1-4,7,14,18H,5-6,8H2,(H2,23,24)(H,26,29)(H,31,32)/b27-13-/t14-,18+/m1/s1. The highest BCUT2D eigenvalue weighted by Crippen LogP contribution is 2.46. The van der Waals surface area contributed by atoms with Crippen molar-refractivity contribution in [3.63, 3.8) is 0 Å². The van der Waals surface area contributed by atoms with Crippen molar-refractivity contribution in [3.8, 4) is 0 Å². The molecule has 11 nitrogen and oxygen atoms in total. The smallest absolute Gasteiger partial charge is 0.353 e. The number of hydrogen-bond donors (Lipinski definition) is 3. The molecule has 37 heavy (non-hydrogen) atoms. The molecule has 0 aliphatic carbocycles. The summed E-state index contributed by atoms with van der Waals surface area (Å²) in [5, 5.41) is 17.2. The Morgan fingerprint density at radius 2 is 2.16 bits per heavy atom. The summed E-state index contributed by atoms with van der Waals surface area (Å²) in [4.78, 5) is 53.2. The summed E-state index contributed by atoms with van der Waals surface area (Å²) < 4.78 is 14.1. The molecule has 0 bridgehead atoms. The largest absolute Gasteiger partial charge is 0.477 e. The molecule has 192 valence electrons. The number of nitrogen functional groups attached to an aromatic ring is 1. The normalized spacial score (nSPS) is 19.5. The second-order valence-electron chi connectivity index (χ2n) is 7.52. The average Bonchev–Trinajstić information content (AvgIpc) is 3.50. The number of halogens is 1. The van der Waals surface area contributed by atoms with Crippen LogP contribution in [0.5, 0.6) is 0 Å². The first-order chi connectivity index (χ1) is 17.9. The zero-order valence-electron chi connectivity index (χ0n) is 18.6. The first kappa shape index (κ1) is 25.4. The van der Waals surface area contributed by atoms with Crippen molar-refractivity contribution >= 4 is 85.0 Å².